The van der Waals surface area contributed by atoms with Crippen molar-refractivity contribution in [3.8, 4) is 0 Å². The molecule has 0 unspecified atom stereocenters. The van der Waals surface area contributed by atoms with Gasteiger partial charge in [-0.2, -0.15) is 0 Å². The fraction of sp³-hybridized carbons (Fsp3) is 0.294. The summed E-state index contributed by atoms with van der Waals surface area (Å²) < 4.78 is 27.4. The van der Waals surface area contributed by atoms with Crippen molar-refractivity contribution >= 4 is 39.2 Å². The highest BCUT2D eigenvalue weighted by Crippen LogP contribution is 2.24. The third-order valence-electron chi connectivity index (χ3n) is 3.24. The molecule has 6 heteroatoms. The average Bonchev–Trinajstić information content (AvgIpc) is 2.56. The SMILES string of the molecule is CCCCSc1ccc(NS(=O)(=O)c2ccc(SC)cc2)cc1. The molecule has 3 nitrogen and oxygen atoms in total. The maximum absolute atomic E-state index is 12.4. The number of sulfonamides is 1. The van der Waals surface area contributed by atoms with Crippen LogP contribution < -0.4 is 4.72 Å². The second kappa shape index (κ2) is 8.66. The lowest BCUT2D eigenvalue weighted by molar-refractivity contribution is 0.601. The van der Waals surface area contributed by atoms with Crippen LogP contribution in [-0.4, -0.2) is 20.4 Å². The van der Waals surface area contributed by atoms with E-state index in [1.807, 2.05) is 42.7 Å². The number of anilines is 1. The van der Waals surface area contributed by atoms with Crippen molar-refractivity contribution in [2.24, 2.45) is 0 Å². The maximum atomic E-state index is 12.4. The number of rotatable bonds is 8. The van der Waals surface area contributed by atoms with Crippen molar-refractivity contribution in [3.05, 3.63) is 48.5 Å². The first-order valence-corrected chi connectivity index (χ1v) is 11.1. The van der Waals surface area contributed by atoms with E-state index in [1.165, 1.54) is 12.8 Å². The van der Waals surface area contributed by atoms with Crippen molar-refractivity contribution in [2.45, 2.75) is 34.5 Å². The normalized spacial score (nSPS) is 11.4. The summed E-state index contributed by atoms with van der Waals surface area (Å²) in [5.74, 6) is 1.09. The summed E-state index contributed by atoms with van der Waals surface area (Å²) in [6.07, 6.45) is 4.33. The number of unbranched alkanes of at least 4 members (excludes halogenated alkanes) is 1. The molecule has 2 aromatic carbocycles. The molecule has 0 aliphatic carbocycles. The molecule has 0 saturated heterocycles. The predicted molar refractivity (Wildman–Crippen MR) is 101 cm³/mol. The van der Waals surface area contributed by atoms with E-state index in [1.54, 1.807) is 35.7 Å². The van der Waals surface area contributed by atoms with E-state index in [9.17, 15) is 8.42 Å². The highest BCUT2D eigenvalue weighted by atomic mass is 32.2. The zero-order valence-electron chi connectivity index (χ0n) is 13.3. The molecule has 0 fully saturated rings. The number of hydrogen-bond acceptors (Lipinski definition) is 4. The molecule has 124 valence electrons. The molecular formula is C17H21NO2S3. The van der Waals surface area contributed by atoms with Gasteiger partial charge in [0, 0.05) is 15.5 Å². The first kappa shape index (κ1) is 18.2. The van der Waals surface area contributed by atoms with Gasteiger partial charge in [-0.15, -0.1) is 23.5 Å². The van der Waals surface area contributed by atoms with Gasteiger partial charge in [0.05, 0.1) is 4.90 Å². The van der Waals surface area contributed by atoms with Crippen LogP contribution in [0.2, 0.25) is 0 Å². The Hall–Kier alpha value is -1.11. The van der Waals surface area contributed by atoms with Crippen molar-refractivity contribution in [1.82, 2.24) is 0 Å². The fourth-order valence-electron chi connectivity index (χ4n) is 1.92. The summed E-state index contributed by atoms with van der Waals surface area (Å²) in [6.45, 7) is 2.17. The van der Waals surface area contributed by atoms with Gasteiger partial charge in [-0.3, -0.25) is 4.72 Å². The third-order valence-corrected chi connectivity index (χ3v) is 6.48. The minimum atomic E-state index is -3.54. The Morgan fingerprint density at radius 2 is 1.57 bits per heavy atom. The zero-order valence-corrected chi connectivity index (χ0v) is 15.7. The van der Waals surface area contributed by atoms with Crippen LogP contribution in [0, 0.1) is 0 Å². The summed E-state index contributed by atoms with van der Waals surface area (Å²) in [5, 5.41) is 0. The molecule has 1 N–H and O–H groups in total. The molecule has 0 amide bonds. The monoisotopic (exact) mass is 367 g/mol. The number of thioether (sulfide) groups is 2. The van der Waals surface area contributed by atoms with Crippen molar-refractivity contribution in [1.29, 1.82) is 0 Å². The van der Waals surface area contributed by atoms with Gasteiger partial charge in [-0.05, 0) is 67.0 Å². The topological polar surface area (TPSA) is 46.2 Å². The Bertz CT molecular complexity index is 711. The lowest BCUT2D eigenvalue weighted by Crippen LogP contribution is -2.12. The Balaban J connectivity index is 2.04. The van der Waals surface area contributed by atoms with Crippen LogP contribution in [0.15, 0.2) is 63.2 Å². The van der Waals surface area contributed by atoms with E-state index >= 15 is 0 Å². The van der Waals surface area contributed by atoms with E-state index in [0.29, 0.717) is 5.69 Å². The van der Waals surface area contributed by atoms with Crippen LogP contribution >= 0.6 is 23.5 Å². The van der Waals surface area contributed by atoms with Crippen LogP contribution in [-0.2, 0) is 10.0 Å². The molecule has 0 spiro atoms. The van der Waals surface area contributed by atoms with Crippen LogP contribution in [0.3, 0.4) is 0 Å². The molecule has 0 aliphatic rings. The summed E-state index contributed by atoms with van der Waals surface area (Å²) in [6, 6.07) is 14.4. The smallest absolute Gasteiger partial charge is 0.261 e. The third kappa shape index (κ3) is 5.48. The molecule has 0 saturated carbocycles. The van der Waals surface area contributed by atoms with E-state index in [4.69, 9.17) is 0 Å². The number of benzene rings is 2. The highest BCUT2D eigenvalue weighted by molar-refractivity contribution is 7.99. The molecule has 0 aliphatic heterocycles. The van der Waals surface area contributed by atoms with Gasteiger partial charge in [0.1, 0.15) is 0 Å². The van der Waals surface area contributed by atoms with Crippen LogP contribution in [0.1, 0.15) is 19.8 Å². The van der Waals surface area contributed by atoms with Gasteiger partial charge in [-0.1, -0.05) is 13.3 Å². The Kier molecular flexibility index (Phi) is 6.87. The van der Waals surface area contributed by atoms with E-state index < -0.39 is 10.0 Å². The summed E-state index contributed by atoms with van der Waals surface area (Å²) >= 11 is 3.38. The van der Waals surface area contributed by atoms with Gasteiger partial charge in [0.15, 0.2) is 0 Å². The van der Waals surface area contributed by atoms with Gasteiger partial charge in [0.25, 0.3) is 10.0 Å². The minimum absolute atomic E-state index is 0.275. The van der Waals surface area contributed by atoms with Crippen LogP contribution in [0.25, 0.3) is 0 Å². The van der Waals surface area contributed by atoms with E-state index in [0.717, 1.165) is 15.5 Å². The standard InChI is InChI=1S/C17H21NO2S3/c1-3-4-13-22-16-7-5-14(6-8-16)18-23(19,20)17-11-9-15(21-2)10-12-17/h5-12,18H,3-4,13H2,1-2H3. The number of nitrogens with one attached hydrogen (secondary N) is 1. The summed E-state index contributed by atoms with van der Waals surface area (Å²) in [4.78, 5) is 2.47. The second-order valence-electron chi connectivity index (χ2n) is 5.01. The summed E-state index contributed by atoms with van der Waals surface area (Å²) in [5.41, 5.74) is 0.582. The van der Waals surface area contributed by atoms with Crippen LogP contribution in [0.4, 0.5) is 5.69 Å². The van der Waals surface area contributed by atoms with Crippen LogP contribution in [0.5, 0.6) is 0 Å². The fourth-order valence-corrected chi connectivity index (χ4v) is 4.39. The lowest BCUT2D eigenvalue weighted by atomic mass is 10.3. The Morgan fingerprint density at radius 1 is 0.957 bits per heavy atom. The Morgan fingerprint density at radius 3 is 2.13 bits per heavy atom. The quantitative estimate of drug-likeness (QED) is 0.521. The van der Waals surface area contributed by atoms with Crippen molar-refractivity contribution in [3.63, 3.8) is 0 Å². The maximum Gasteiger partial charge on any atom is 0.261 e. The molecule has 0 atom stereocenters. The Labute approximate surface area is 147 Å². The lowest BCUT2D eigenvalue weighted by Gasteiger charge is -2.09. The van der Waals surface area contributed by atoms with E-state index in [2.05, 4.69) is 11.6 Å². The molecule has 2 aromatic rings. The first-order chi connectivity index (χ1) is 11.0. The molecule has 0 heterocycles. The molecule has 0 radical (unpaired) electrons. The molecule has 0 aromatic heterocycles. The van der Waals surface area contributed by atoms with Gasteiger partial charge < -0.3 is 0 Å². The van der Waals surface area contributed by atoms with Gasteiger partial charge in [-0.25, -0.2) is 8.42 Å². The van der Waals surface area contributed by atoms with E-state index in [-0.39, 0.29) is 4.90 Å². The molecule has 0 bridgehead atoms. The first-order valence-electron chi connectivity index (χ1n) is 7.45. The van der Waals surface area contributed by atoms with Gasteiger partial charge >= 0.3 is 0 Å². The largest absolute Gasteiger partial charge is 0.280 e. The number of hydrogen-bond donors (Lipinski definition) is 1. The minimum Gasteiger partial charge on any atom is -0.280 e. The molecule has 23 heavy (non-hydrogen) atoms. The molecule has 2 rings (SSSR count). The average molecular weight is 368 g/mol. The van der Waals surface area contributed by atoms with Crippen molar-refractivity contribution < 1.29 is 8.42 Å². The van der Waals surface area contributed by atoms with Crippen molar-refractivity contribution in [2.75, 3.05) is 16.7 Å². The summed E-state index contributed by atoms with van der Waals surface area (Å²) in [7, 11) is -3.54. The second-order valence-corrected chi connectivity index (χ2v) is 8.74. The highest BCUT2D eigenvalue weighted by Gasteiger charge is 2.13. The zero-order chi connectivity index (χ0) is 16.7. The molecular weight excluding hydrogens is 346 g/mol. The predicted octanol–water partition coefficient (Wildman–Crippen LogP) is 5.10. The van der Waals surface area contributed by atoms with Gasteiger partial charge in [0.2, 0.25) is 0 Å².